The molecular formula is C11H14BrN5O. The van der Waals surface area contributed by atoms with E-state index in [0.717, 1.165) is 4.47 Å². The summed E-state index contributed by atoms with van der Waals surface area (Å²) in [5.41, 5.74) is 0.583. The fourth-order valence-electron chi connectivity index (χ4n) is 1.61. The van der Waals surface area contributed by atoms with Crippen LogP contribution in [0.25, 0.3) is 0 Å². The van der Waals surface area contributed by atoms with Crippen LogP contribution in [0.2, 0.25) is 0 Å². The van der Waals surface area contributed by atoms with E-state index in [1.165, 1.54) is 0 Å². The first-order valence-corrected chi connectivity index (χ1v) is 6.48. The summed E-state index contributed by atoms with van der Waals surface area (Å²) in [5.74, 6) is -0.111. The highest BCUT2D eigenvalue weighted by Gasteiger charge is 2.09. The van der Waals surface area contributed by atoms with Gasteiger partial charge in [-0.25, -0.2) is 0 Å². The summed E-state index contributed by atoms with van der Waals surface area (Å²) in [6.45, 7) is 3.80. The molecule has 1 amide bonds. The van der Waals surface area contributed by atoms with Gasteiger partial charge in [0.15, 0.2) is 0 Å². The molecule has 0 aliphatic carbocycles. The molecule has 0 bridgehead atoms. The van der Waals surface area contributed by atoms with Crippen molar-refractivity contribution >= 4 is 21.8 Å². The molecule has 6 nitrogen and oxygen atoms in total. The topological polar surface area (TPSA) is 64.7 Å². The minimum Gasteiger partial charge on any atom is -0.349 e. The third-order valence-electron chi connectivity index (χ3n) is 2.48. The Kier molecular flexibility index (Phi) is 4.14. The Morgan fingerprint density at radius 3 is 3.00 bits per heavy atom. The second-order valence-electron chi connectivity index (χ2n) is 3.71. The normalized spacial score (nSPS) is 10.6. The Bertz CT molecular complexity index is 533. The molecule has 2 aromatic heterocycles. The predicted molar refractivity (Wildman–Crippen MR) is 70.2 cm³/mol. The number of halogens is 1. The molecule has 96 valence electrons. The zero-order chi connectivity index (χ0) is 13.0. The number of hydrogen-bond acceptors (Lipinski definition) is 3. The number of aromatic nitrogens is 4. The van der Waals surface area contributed by atoms with Crippen molar-refractivity contribution in [3.63, 3.8) is 0 Å². The Morgan fingerprint density at radius 2 is 2.33 bits per heavy atom. The maximum absolute atomic E-state index is 11.9. The monoisotopic (exact) mass is 311 g/mol. The highest BCUT2D eigenvalue weighted by Crippen LogP contribution is 2.05. The lowest BCUT2D eigenvalue weighted by Gasteiger charge is -2.06. The van der Waals surface area contributed by atoms with Crippen LogP contribution >= 0.6 is 15.9 Å². The number of rotatable bonds is 5. The molecule has 0 saturated carbocycles. The minimum atomic E-state index is -0.111. The van der Waals surface area contributed by atoms with Gasteiger partial charge in [-0.1, -0.05) is 0 Å². The zero-order valence-corrected chi connectivity index (χ0v) is 11.6. The fourth-order valence-corrected chi connectivity index (χ4v) is 1.94. The van der Waals surface area contributed by atoms with E-state index in [4.69, 9.17) is 0 Å². The average molecular weight is 312 g/mol. The lowest BCUT2D eigenvalue weighted by atomic mass is 10.4. The van der Waals surface area contributed by atoms with E-state index in [9.17, 15) is 4.79 Å². The Balaban J connectivity index is 1.85. The quantitative estimate of drug-likeness (QED) is 0.905. The molecule has 1 N–H and O–H groups in total. The van der Waals surface area contributed by atoms with Crippen molar-refractivity contribution in [3.05, 3.63) is 34.8 Å². The smallest absolute Gasteiger partial charge is 0.269 e. The molecule has 0 atom stereocenters. The summed E-state index contributed by atoms with van der Waals surface area (Å²) >= 11 is 3.32. The number of nitrogens with one attached hydrogen (secondary N) is 1. The first kappa shape index (κ1) is 12.8. The molecule has 2 heterocycles. The van der Waals surface area contributed by atoms with E-state index in [2.05, 4.69) is 31.4 Å². The molecule has 2 rings (SSSR count). The van der Waals surface area contributed by atoms with Gasteiger partial charge in [0.2, 0.25) is 0 Å². The van der Waals surface area contributed by atoms with Gasteiger partial charge >= 0.3 is 0 Å². The van der Waals surface area contributed by atoms with Crippen molar-refractivity contribution < 1.29 is 4.79 Å². The minimum absolute atomic E-state index is 0.111. The SMILES string of the molecule is CCn1nccc1C(=O)NCCn1cc(Br)cn1. The van der Waals surface area contributed by atoms with Crippen molar-refractivity contribution in [1.82, 2.24) is 24.9 Å². The van der Waals surface area contributed by atoms with Gasteiger partial charge in [0, 0.05) is 25.5 Å². The summed E-state index contributed by atoms with van der Waals surface area (Å²) in [7, 11) is 0. The molecular weight excluding hydrogens is 298 g/mol. The summed E-state index contributed by atoms with van der Waals surface area (Å²) < 4.78 is 4.36. The van der Waals surface area contributed by atoms with Crippen LogP contribution in [-0.2, 0) is 13.1 Å². The molecule has 0 aliphatic heterocycles. The first-order chi connectivity index (χ1) is 8.70. The van der Waals surface area contributed by atoms with E-state index in [1.54, 1.807) is 27.8 Å². The highest BCUT2D eigenvalue weighted by atomic mass is 79.9. The largest absolute Gasteiger partial charge is 0.349 e. The predicted octanol–water partition coefficient (Wildman–Crippen LogP) is 1.29. The van der Waals surface area contributed by atoms with Crippen LogP contribution in [0.15, 0.2) is 29.1 Å². The molecule has 0 unspecified atom stereocenters. The van der Waals surface area contributed by atoms with E-state index in [1.807, 2.05) is 13.1 Å². The van der Waals surface area contributed by atoms with E-state index in [0.29, 0.717) is 25.3 Å². The maximum Gasteiger partial charge on any atom is 0.269 e. The molecule has 0 fully saturated rings. The number of hydrogen-bond donors (Lipinski definition) is 1. The van der Waals surface area contributed by atoms with Gasteiger partial charge in [-0.05, 0) is 28.9 Å². The van der Waals surface area contributed by atoms with Crippen LogP contribution in [0.1, 0.15) is 17.4 Å². The Labute approximate surface area is 113 Å². The third-order valence-corrected chi connectivity index (χ3v) is 2.89. The van der Waals surface area contributed by atoms with Gasteiger partial charge in [-0.2, -0.15) is 10.2 Å². The summed E-state index contributed by atoms with van der Waals surface area (Å²) in [5, 5.41) is 11.0. The highest BCUT2D eigenvalue weighted by molar-refractivity contribution is 9.10. The molecule has 0 aliphatic rings. The van der Waals surface area contributed by atoms with Gasteiger partial charge in [-0.3, -0.25) is 14.2 Å². The van der Waals surface area contributed by atoms with E-state index < -0.39 is 0 Å². The second kappa shape index (κ2) is 5.81. The van der Waals surface area contributed by atoms with Crippen molar-refractivity contribution in [2.75, 3.05) is 6.54 Å². The number of carbonyl (C=O) groups excluding carboxylic acids is 1. The maximum atomic E-state index is 11.9. The van der Waals surface area contributed by atoms with Crippen LogP contribution in [0, 0.1) is 0 Å². The van der Waals surface area contributed by atoms with Gasteiger partial charge in [0.25, 0.3) is 5.91 Å². The van der Waals surface area contributed by atoms with E-state index >= 15 is 0 Å². The van der Waals surface area contributed by atoms with Gasteiger partial charge in [-0.15, -0.1) is 0 Å². The summed E-state index contributed by atoms with van der Waals surface area (Å²) in [6, 6.07) is 1.71. The Hall–Kier alpha value is -1.63. The van der Waals surface area contributed by atoms with Crippen LogP contribution < -0.4 is 5.32 Å². The summed E-state index contributed by atoms with van der Waals surface area (Å²) in [4.78, 5) is 11.9. The average Bonchev–Trinajstić information content (AvgIpc) is 2.97. The zero-order valence-electron chi connectivity index (χ0n) is 10.0. The van der Waals surface area contributed by atoms with Crippen molar-refractivity contribution in [2.45, 2.75) is 20.0 Å². The fraction of sp³-hybridized carbons (Fsp3) is 0.364. The number of amides is 1. The lowest BCUT2D eigenvalue weighted by Crippen LogP contribution is -2.29. The van der Waals surface area contributed by atoms with E-state index in [-0.39, 0.29) is 5.91 Å². The van der Waals surface area contributed by atoms with Crippen LogP contribution in [0.5, 0.6) is 0 Å². The molecule has 0 saturated heterocycles. The molecule has 0 aromatic carbocycles. The van der Waals surface area contributed by atoms with Crippen molar-refractivity contribution in [1.29, 1.82) is 0 Å². The number of aryl methyl sites for hydroxylation is 1. The molecule has 0 spiro atoms. The molecule has 0 radical (unpaired) electrons. The number of carbonyl (C=O) groups is 1. The standard InChI is InChI=1S/C11H14BrN5O/c1-2-17-10(3-4-14-17)11(18)13-5-6-16-8-9(12)7-15-16/h3-4,7-8H,2,5-6H2,1H3,(H,13,18). The molecule has 2 aromatic rings. The lowest BCUT2D eigenvalue weighted by molar-refractivity contribution is 0.0941. The van der Waals surface area contributed by atoms with Gasteiger partial charge in [0.05, 0.1) is 17.2 Å². The van der Waals surface area contributed by atoms with Crippen molar-refractivity contribution in [2.24, 2.45) is 0 Å². The van der Waals surface area contributed by atoms with Crippen LogP contribution in [0.3, 0.4) is 0 Å². The summed E-state index contributed by atoms with van der Waals surface area (Å²) in [6.07, 6.45) is 5.21. The van der Waals surface area contributed by atoms with Gasteiger partial charge in [0.1, 0.15) is 5.69 Å². The van der Waals surface area contributed by atoms with Crippen LogP contribution in [-0.4, -0.2) is 32.0 Å². The van der Waals surface area contributed by atoms with Crippen molar-refractivity contribution in [3.8, 4) is 0 Å². The van der Waals surface area contributed by atoms with Crippen LogP contribution in [0.4, 0.5) is 0 Å². The third kappa shape index (κ3) is 2.98. The second-order valence-corrected chi connectivity index (χ2v) is 4.63. The molecule has 18 heavy (non-hydrogen) atoms. The first-order valence-electron chi connectivity index (χ1n) is 5.68. The van der Waals surface area contributed by atoms with Gasteiger partial charge < -0.3 is 5.32 Å². The number of nitrogens with zero attached hydrogens (tertiary/aromatic N) is 4. The Morgan fingerprint density at radius 1 is 1.50 bits per heavy atom. The molecule has 7 heteroatoms.